The zero-order valence-electron chi connectivity index (χ0n) is 11.1. The van der Waals surface area contributed by atoms with Crippen LogP contribution in [0.4, 0.5) is 4.39 Å². The van der Waals surface area contributed by atoms with Crippen LogP contribution in [0, 0.1) is 26.6 Å². The lowest BCUT2D eigenvalue weighted by atomic mass is 9.97. The van der Waals surface area contributed by atoms with E-state index in [1.165, 1.54) is 6.07 Å². The molecule has 0 bridgehead atoms. The summed E-state index contributed by atoms with van der Waals surface area (Å²) >= 11 is 12.6. The smallest absolute Gasteiger partial charge is 0.126 e. The largest absolute Gasteiger partial charge is 0.207 e. The molecular weight excluding hydrogens is 282 g/mol. The van der Waals surface area contributed by atoms with Crippen LogP contribution in [0.5, 0.6) is 0 Å². The highest BCUT2D eigenvalue weighted by Gasteiger charge is 2.15. The first-order valence-electron chi connectivity index (χ1n) is 6.07. The van der Waals surface area contributed by atoms with Crippen molar-refractivity contribution in [2.24, 2.45) is 0 Å². The Kier molecular flexibility index (Phi) is 4.17. The number of benzene rings is 2. The average Bonchev–Trinajstić information content (AvgIpc) is 2.36. The van der Waals surface area contributed by atoms with Gasteiger partial charge in [-0.05, 0) is 60.7 Å². The fourth-order valence-corrected chi connectivity index (χ4v) is 2.61. The predicted octanol–water partition coefficient (Wildman–Crippen LogP) is 5.73. The van der Waals surface area contributed by atoms with Crippen LogP contribution in [0.3, 0.4) is 0 Å². The van der Waals surface area contributed by atoms with Gasteiger partial charge < -0.3 is 0 Å². The molecule has 0 nitrogen and oxygen atoms in total. The molecule has 0 aliphatic carbocycles. The number of aryl methyl sites for hydroxylation is 3. The first-order chi connectivity index (χ1) is 8.90. The zero-order chi connectivity index (χ0) is 14.2. The Morgan fingerprint density at radius 3 is 2.26 bits per heavy atom. The van der Waals surface area contributed by atoms with Crippen LogP contribution in [0.2, 0.25) is 5.02 Å². The summed E-state index contributed by atoms with van der Waals surface area (Å²) in [4.78, 5) is 0. The monoisotopic (exact) mass is 296 g/mol. The van der Waals surface area contributed by atoms with Crippen molar-refractivity contribution >= 4 is 23.2 Å². The van der Waals surface area contributed by atoms with Gasteiger partial charge in [-0.3, -0.25) is 0 Å². The standard InChI is InChI=1S/C16H15Cl2F/c1-9-4-5-12(8-15(9)19)16(18)13-6-11(3)14(17)7-10(13)2/h4-8,16H,1-3H3. The molecular formula is C16H15Cl2F. The van der Waals surface area contributed by atoms with Crippen LogP contribution in [-0.4, -0.2) is 0 Å². The number of rotatable bonds is 2. The molecule has 3 heteroatoms. The lowest BCUT2D eigenvalue weighted by Crippen LogP contribution is -1.99. The van der Waals surface area contributed by atoms with E-state index in [-0.39, 0.29) is 11.2 Å². The maximum absolute atomic E-state index is 13.6. The Bertz CT molecular complexity index is 620. The van der Waals surface area contributed by atoms with Gasteiger partial charge in [-0.15, -0.1) is 11.6 Å². The van der Waals surface area contributed by atoms with E-state index in [9.17, 15) is 4.39 Å². The fourth-order valence-electron chi connectivity index (χ4n) is 2.02. The second-order valence-electron chi connectivity index (χ2n) is 4.83. The molecule has 0 aromatic heterocycles. The molecule has 0 aliphatic rings. The quantitative estimate of drug-likeness (QED) is 0.621. The molecule has 1 unspecified atom stereocenters. The number of hydrogen-bond donors (Lipinski definition) is 0. The Balaban J connectivity index is 2.46. The molecule has 0 fully saturated rings. The summed E-state index contributed by atoms with van der Waals surface area (Å²) in [6.07, 6.45) is 0. The normalized spacial score (nSPS) is 12.5. The number of alkyl halides is 1. The average molecular weight is 297 g/mol. The Hall–Kier alpha value is -1.05. The molecule has 0 heterocycles. The molecule has 2 aromatic rings. The third kappa shape index (κ3) is 2.93. The van der Waals surface area contributed by atoms with Crippen LogP contribution in [0.15, 0.2) is 30.3 Å². The minimum absolute atomic E-state index is 0.230. The van der Waals surface area contributed by atoms with E-state index in [2.05, 4.69) is 0 Å². The lowest BCUT2D eigenvalue weighted by Gasteiger charge is -2.15. The van der Waals surface area contributed by atoms with Crippen LogP contribution in [0.1, 0.15) is 33.2 Å². The van der Waals surface area contributed by atoms with Crippen molar-refractivity contribution < 1.29 is 4.39 Å². The van der Waals surface area contributed by atoms with Crippen molar-refractivity contribution in [1.29, 1.82) is 0 Å². The van der Waals surface area contributed by atoms with Gasteiger partial charge in [0.2, 0.25) is 0 Å². The van der Waals surface area contributed by atoms with Crippen LogP contribution in [0.25, 0.3) is 0 Å². The van der Waals surface area contributed by atoms with Crippen LogP contribution < -0.4 is 0 Å². The molecule has 0 saturated heterocycles. The molecule has 0 saturated carbocycles. The maximum atomic E-state index is 13.6. The van der Waals surface area contributed by atoms with Gasteiger partial charge in [0, 0.05) is 5.02 Å². The Morgan fingerprint density at radius 1 is 0.947 bits per heavy atom. The minimum atomic E-state index is -0.369. The topological polar surface area (TPSA) is 0 Å². The van der Waals surface area contributed by atoms with E-state index in [4.69, 9.17) is 23.2 Å². The molecule has 0 N–H and O–H groups in total. The summed E-state index contributed by atoms with van der Waals surface area (Å²) < 4.78 is 13.6. The molecule has 1 atom stereocenters. The van der Waals surface area contributed by atoms with Crippen molar-refractivity contribution in [1.82, 2.24) is 0 Å². The van der Waals surface area contributed by atoms with Crippen molar-refractivity contribution in [3.63, 3.8) is 0 Å². The number of halogens is 3. The zero-order valence-corrected chi connectivity index (χ0v) is 12.6. The molecule has 100 valence electrons. The second-order valence-corrected chi connectivity index (χ2v) is 5.67. The molecule has 19 heavy (non-hydrogen) atoms. The summed E-state index contributed by atoms with van der Waals surface area (Å²) in [5.74, 6) is -0.230. The van der Waals surface area contributed by atoms with Gasteiger partial charge in [-0.2, -0.15) is 0 Å². The lowest BCUT2D eigenvalue weighted by molar-refractivity contribution is 0.616. The first-order valence-corrected chi connectivity index (χ1v) is 6.88. The summed E-state index contributed by atoms with van der Waals surface area (Å²) in [5.41, 5.74) is 4.33. The molecule has 2 rings (SSSR count). The highest BCUT2D eigenvalue weighted by molar-refractivity contribution is 6.31. The predicted molar refractivity (Wildman–Crippen MR) is 79.8 cm³/mol. The fraction of sp³-hybridized carbons (Fsp3) is 0.250. The Morgan fingerprint density at radius 2 is 1.63 bits per heavy atom. The minimum Gasteiger partial charge on any atom is -0.207 e. The molecule has 0 amide bonds. The van der Waals surface area contributed by atoms with Crippen molar-refractivity contribution in [2.45, 2.75) is 26.1 Å². The van der Waals surface area contributed by atoms with Gasteiger partial charge in [-0.1, -0.05) is 29.8 Å². The summed E-state index contributed by atoms with van der Waals surface area (Å²) in [6, 6.07) is 8.97. The van der Waals surface area contributed by atoms with E-state index < -0.39 is 0 Å². The van der Waals surface area contributed by atoms with Gasteiger partial charge in [0.1, 0.15) is 5.82 Å². The highest BCUT2D eigenvalue weighted by atomic mass is 35.5. The van der Waals surface area contributed by atoms with Crippen molar-refractivity contribution in [3.8, 4) is 0 Å². The van der Waals surface area contributed by atoms with Crippen LogP contribution >= 0.6 is 23.2 Å². The van der Waals surface area contributed by atoms with E-state index in [0.717, 1.165) is 27.3 Å². The summed E-state index contributed by atoms with van der Waals surface area (Å²) in [5, 5.41) is 0.353. The van der Waals surface area contributed by atoms with Gasteiger partial charge in [-0.25, -0.2) is 4.39 Å². The highest BCUT2D eigenvalue weighted by Crippen LogP contribution is 2.34. The van der Waals surface area contributed by atoms with E-state index in [1.54, 1.807) is 13.0 Å². The number of hydrogen-bond acceptors (Lipinski definition) is 0. The molecule has 0 aliphatic heterocycles. The van der Waals surface area contributed by atoms with Crippen molar-refractivity contribution in [2.75, 3.05) is 0 Å². The molecule has 0 radical (unpaired) electrons. The third-order valence-electron chi connectivity index (χ3n) is 3.31. The molecule has 0 spiro atoms. The van der Waals surface area contributed by atoms with E-state index in [0.29, 0.717) is 5.56 Å². The van der Waals surface area contributed by atoms with Gasteiger partial charge in [0.25, 0.3) is 0 Å². The summed E-state index contributed by atoms with van der Waals surface area (Å²) in [7, 11) is 0. The van der Waals surface area contributed by atoms with Gasteiger partial charge in [0.15, 0.2) is 0 Å². The SMILES string of the molecule is Cc1ccc(C(Cl)c2cc(C)c(Cl)cc2C)cc1F. The van der Waals surface area contributed by atoms with E-state index in [1.807, 2.05) is 32.0 Å². The molecule has 2 aromatic carbocycles. The second kappa shape index (κ2) is 5.52. The Labute approximate surface area is 123 Å². The van der Waals surface area contributed by atoms with Crippen molar-refractivity contribution in [3.05, 3.63) is 69.0 Å². The van der Waals surface area contributed by atoms with Gasteiger partial charge >= 0.3 is 0 Å². The third-order valence-corrected chi connectivity index (χ3v) is 4.20. The first kappa shape index (κ1) is 14.4. The summed E-state index contributed by atoms with van der Waals surface area (Å²) in [6.45, 7) is 5.63. The van der Waals surface area contributed by atoms with Crippen LogP contribution in [-0.2, 0) is 0 Å². The van der Waals surface area contributed by atoms with E-state index >= 15 is 0 Å². The van der Waals surface area contributed by atoms with Gasteiger partial charge in [0.05, 0.1) is 5.38 Å². The maximum Gasteiger partial charge on any atom is 0.126 e.